The second kappa shape index (κ2) is 12.5. The molecule has 0 aromatic heterocycles. The van der Waals surface area contributed by atoms with Crippen molar-refractivity contribution < 1.29 is 42.8 Å². The number of carbonyl (C=O) groups excluding carboxylic acids is 3. The van der Waals surface area contributed by atoms with Gasteiger partial charge in [-0.3, -0.25) is 19.3 Å². The molecule has 2 bridgehead atoms. The maximum Gasteiger partial charge on any atom is 0.308 e. The zero-order valence-electron chi connectivity index (χ0n) is 28.0. The number of fused-ring (bicyclic) bond motifs is 7. The van der Waals surface area contributed by atoms with E-state index in [1.807, 2.05) is 55.3 Å². The standard InChI is InChI=1S/C36H40N2O9/c1-18-14-22-15-23-36(41)38-24(17-46-16-21-12-10-9-11-13-21)26-27(32(43-6)19(2)33(44-7)34(26)45-8)30(40)29(38)28(37(23)4)25(22)35(31(18)42-5)47-20(3)39/h9-14,23-24,28-29H,15-17H2,1-8H3/t23-,24-,28+,29-/m0/s1. The Morgan fingerprint density at radius 2 is 1.51 bits per heavy atom. The zero-order valence-corrected chi connectivity index (χ0v) is 28.0. The number of amides is 1. The summed E-state index contributed by atoms with van der Waals surface area (Å²) in [6.07, 6.45) is 0.347. The molecule has 3 aliphatic heterocycles. The highest BCUT2D eigenvalue weighted by molar-refractivity contribution is 6.10. The lowest BCUT2D eigenvalue weighted by atomic mass is 9.73. The molecule has 0 aliphatic carbocycles. The number of hydrogen-bond donors (Lipinski definition) is 0. The maximum absolute atomic E-state index is 15.1. The van der Waals surface area contributed by atoms with Gasteiger partial charge in [0.15, 0.2) is 28.8 Å². The van der Waals surface area contributed by atoms with Crippen LogP contribution in [0.2, 0.25) is 0 Å². The van der Waals surface area contributed by atoms with Crippen molar-refractivity contribution in [3.05, 3.63) is 75.3 Å². The van der Waals surface area contributed by atoms with Crippen molar-refractivity contribution in [2.45, 2.75) is 58.0 Å². The highest BCUT2D eigenvalue weighted by Crippen LogP contribution is 2.57. The number of hydrogen-bond acceptors (Lipinski definition) is 10. The number of Topliss-reactive ketones (excluding diaryl/α,β-unsaturated/α-hetero) is 1. The summed E-state index contributed by atoms with van der Waals surface area (Å²) < 4.78 is 35.6. The van der Waals surface area contributed by atoms with Gasteiger partial charge in [-0.2, -0.15) is 0 Å². The fraction of sp³-hybridized carbons (Fsp3) is 0.417. The Balaban J connectivity index is 1.61. The van der Waals surface area contributed by atoms with Gasteiger partial charge in [0.25, 0.3) is 0 Å². The molecule has 6 rings (SSSR count). The monoisotopic (exact) mass is 644 g/mol. The summed E-state index contributed by atoms with van der Waals surface area (Å²) in [5, 5.41) is 0. The first kappa shape index (κ1) is 32.3. The van der Waals surface area contributed by atoms with Gasteiger partial charge in [-0.1, -0.05) is 36.4 Å². The lowest BCUT2D eigenvalue weighted by Gasteiger charge is -2.56. The van der Waals surface area contributed by atoms with Crippen LogP contribution in [0.25, 0.3) is 0 Å². The summed E-state index contributed by atoms with van der Waals surface area (Å²) in [4.78, 5) is 45.8. The van der Waals surface area contributed by atoms with Crippen molar-refractivity contribution in [1.29, 1.82) is 0 Å². The van der Waals surface area contributed by atoms with Crippen LogP contribution in [0, 0.1) is 13.8 Å². The fourth-order valence-electron chi connectivity index (χ4n) is 7.71. The molecule has 0 N–H and O–H groups in total. The SMILES string of the molecule is COc1c(C)cc2c(c1OC(C)=O)[C@@H]1[C@H]3C(=O)c4c(OC)c(C)c(OC)c(OC)c4[C@H](COCc4ccccc4)N3C(=O)[C@H](C2)N1C. The minimum atomic E-state index is -1.02. The topological polar surface area (TPSA) is 113 Å². The second-order valence-corrected chi connectivity index (χ2v) is 12.1. The Hall–Kier alpha value is -4.61. The molecular weight excluding hydrogens is 604 g/mol. The van der Waals surface area contributed by atoms with E-state index >= 15 is 4.79 Å². The Kier molecular flexibility index (Phi) is 8.62. The number of benzene rings is 3. The predicted octanol–water partition coefficient (Wildman–Crippen LogP) is 4.53. The molecule has 0 spiro atoms. The average Bonchev–Trinajstić information content (AvgIpc) is 3.04. The first-order valence-electron chi connectivity index (χ1n) is 15.5. The molecule has 3 heterocycles. The predicted molar refractivity (Wildman–Crippen MR) is 172 cm³/mol. The molecule has 11 nitrogen and oxygen atoms in total. The van der Waals surface area contributed by atoms with Crippen LogP contribution in [0.5, 0.6) is 28.7 Å². The van der Waals surface area contributed by atoms with E-state index in [-0.39, 0.29) is 24.0 Å². The van der Waals surface area contributed by atoms with Gasteiger partial charge in [0.1, 0.15) is 11.8 Å². The number of likely N-dealkylation sites (N-methyl/N-ethyl adjacent to an activating group) is 1. The molecule has 3 aromatic carbocycles. The van der Waals surface area contributed by atoms with Gasteiger partial charge < -0.3 is 33.3 Å². The van der Waals surface area contributed by atoms with E-state index in [1.165, 1.54) is 35.4 Å². The number of aryl methyl sites for hydroxylation is 1. The Morgan fingerprint density at radius 1 is 0.851 bits per heavy atom. The molecule has 1 fully saturated rings. The molecule has 3 aromatic rings. The van der Waals surface area contributed by atoms with Crippen LogP contribution >= 0.6 is 0 Å². The van der Waals surface area contributed by atoms with Crippen LogP contribution in [0.1, 0.15) is 62.7 Å². The summed E-state index contributed by atoms with van der Waals surface area (Å²) >= 11 is 0. The van der Waals surface area contributed by atoms with E-state index in [0.29, 0.717) is 58.3 Å². The van der Waals surface area contributed by atoms with Gasteiger partial charge in [0, 0.05) is 23.6 Å². The summed E-state index contributed by atoms with van der Waals surface area (Å²) in [6.45, 7) is 5.35. The molecule has 3 aliphatic rings. The van der Waals surface area contributed by atoms with Gasteiger partial charge in [0.05, 0.1) is 65.3 Å². The number of carbonyl (C=O) groups is 3. The van der Waals surface area contributed by atoms with Crippen molar-refractivity contribution >= 4 is 17.7 Å². The van der Waals surface area contributed by atoms with Crippen molar-refractivity contribution in [2.75, 3.05) is 42.1 Å². The van der Waals surface area contributed by atoms with E-state index in [0.717, 1.165) is 16.7 Å². The number of ether oxygens (including phenoxy) is 6. The molecule has 0 unspecified atom stereocenters. The van der Waals surface area contributed by atoms with Crippen molar-refractivity contribution in [2.24, 2.45) is 0 Å². The highest BCUT2D eigenvalue weighted by atomic mass is 16.6. The molecular formula is C36H40N2O9. The number of methoxy groups -OCH3 is 4. The van der Waals surface area contributed by atoms with Crippen molar-refractivity contribution in [3.8, 4) is 28.7 Å². The third-order valence-electron chi connectivity index (χ3n) is 9.59. The molecule has 248 valence electrons. The van der Waals surface area contributed by atoms with Crippen LogP contribution in [0.15, 0.2) is 36.4 Å². The largest absolute Gasteiger partial charge is 0.496 e. The number of esters is 1. The second-order valence-electron chi connectivity index (χ2n) is 12.1. The van der Waals surface area contributed by atoms with Crippen LogP contribution < -0.4 is 23.7 Å². The minimum Gasteiger partial charge on any atom is -0.496 e. The van der Waals surface area contributed by atoms with Crippen molar-refractivity contribution in [1.82, 2.24) is 9.80 Å². The van der Waals surface area contributed by atoms with Crippen LogP contribution in [-0.4, -0.2) is 81.6 Å². The first-order valence-corrected chi connectivity index (χ1v) is 15.5. The molecule has 0 radical (unpaired) electrons. The third-order valence-corrected chi connectivity index (χ3v) is 9.59. The normalized spacial score (nSPS) is 21.4. The summed E-state index contributed by atoms with van der Waals surface area (Å²) in [5.41, 5.74) is 4.55. The van der Waals surface area contributed by atoms with Gasteiger partial charge in [-0.15, -0.1) is 0 Å². The summed E-state index contributed by atoms with van der Waals surface area (Å²) in [6, 6.07) is 8.65. The van der Waals surface area contributed by atoms with Crippen LogP contribution in [0.4, 0.5) is 0 Å². The first-order chi connectivity index (χ1) is 22.6. The Morgan fingerprint density at radius 3 is 2.13 bits per heavy atom. The molecule has 47 heavy (non-hydrogen) atoms. The number of nitrogens with zero attached hydrogens (tertiary/aromatic N) is 2. The number of ketones is 1. The van der Waals surface area contributed by atoms with Crippen LogP contribution in [0.3, 0.4) is 0 Å². The van der Waals surface area contributed by atoms with Crippen molar-refractivity contribution in [3.63, 3.8) is 0 Å². The Bertz CT molecular complexity index is 1760. The van der Waals surface area contributed by atoms with Gasteiger partial charge in [0.2, 0.25) is 5.91 Å². The van der Waals surface area contributed by atoms with E-state index < -0.39 is 30.1 Å². The van der Waals surface area contributed by atoms with Crippen LogP contribution in [-0.2, 0) is 27.4 Å². The lowest BCUT2D eigenvalue weighted by molar-refractivity contribution is -0.156. The van der Waals surface area contributed by atoms with Gasteiger partial charge >= 0.3 is 5.97 Å². The van der Waals surface area contributed by atoms with E-state index in [1.54, 1.807) is 11.8 Å². The molecule has 4 atom stereocenters. The summed E-state index contributed by atoms with van der Waals surface area (Å²) in [5.74, 6) is 0.686. The average molecular weight is 645 g/mol. The zero-order chi connectivity index (χ0) is 33.7. The molecule has 1 amide bonds. The van der Waals surface area contributed by atoms with Gasteiger partial charge in [-0.05, 0) is 44.0 Å². The Labute approximate surface area is 274 Å². The van der Waals surface area contributed by atoms with E-state index in [2.05, 4.69) is 0 Å². The highest BCUT2D eigenvalue weighted by Gasteiger charge is 2.59. The maximum atomic E-state index is 15.1. The fourth-order valence-corrected chi connectivity index (χ4v) is 7.71. The smallest absolute Gasteiger partial charge is 0.308 e. The van der Waals surface area contributed by atoms with Gasteiger partial charge in [-0.25, -0.2) is 0 Å². The number of piperazine rings is 1. The molecule has 0 saturated carbocycles. The minimum absolute atomic E-state index is 0.0627. The summed E-state index contributed by atoms with van der Waals surface area (Å²) in [7, 11) is 7.89. The molecule has 1 saturated heterocycles. The van der Waals surface area contributed by atoms with E-state index in [4.69, 9.17) is 28.4 Å². The lowest BCUT2D eigenvalue weighted by Crippen LogP contribution is -2.68. The molecule has 11 heteroatoms. The number of rotatable bonds is 9. The third kappa shape index (κ3) is 4.99. The quantitative estimate of drug-likeness (QED) is 0.243. The van der Waals surface area contributed by atoms with E-state index in [9.17, 15) is 9.59 Å².